The first-order valence-electron chi connectivity index (χ1n) is 8.42. The van der Waals surface area contributed by atoms with E-state index in [9.17, 15) is 4.79 Å². The van der Waals surface area contributed by atoms with Gasteiger partial charge in [0.2, 0.25) is 5.91 Å². The number of fused-ring (bicyclic) bond motifs is 1. The Balaban J connectivity index is 1.94. The molecule has 2 heterocycles. The van der Waals surface area contributed by atoms with Crippen molar-refractivity contribution in [1.82, 2.24) is 15.3 Å². The van der Waals surface area contributed by atoms with Crippen LogP contribution in [0.4, 0.5) is 5.82 Å². The number of hydrogen-bond acceptors (Lipinski definition) is 5. The second kappa shape index (κ2) is 7.61. The number of hydrogen-bond donors (Lipinski definition) is 2. The minimum Gasteiger partial charge on any atom is -0.369 e. The summed E-state index contributed by atoms with van der Waals surface area (Å²) in [5.41, 5.74) is 3.56. The van der Waals surface area contributed by atoms with Crippen molar-refractivity contribution in [2.75, 3.05) is 18.4 Å². The van der Waals surface area contributed by atoms with Crippen molar-refractivity contribution in [2.24, 2.45) is 0 Å². The lowest BCUT2D eigenvalue weighted by atomic mass is 10.0. The molecule has 2 N–H and O–H groups in total. The Hall–Kier alpha value is -2.47. The van der Waals surface area contributed by atoms with Crippen molar-refractivity contribution in [3.63, 3.8) is 0 Å². The first kappa shape index (κ1) is 17.4. The number of thiophene rings is 1. The number of carbonyl (C=O) groups is 1. The van der Waals surface area contributed by atoms with Gasteiger partial charge in [-0.2, -0.15) is 0 Å². The van der Waals surface area contributed by atoms with Crippen molar-refractivity contribution in [2.45, 2.75) is 27.2 Å². The van der Waals surface area contributed by atoms with Crippen LogP contribution in [0, 0.1) is 13.8 Å². The largest absolute Gasteiger partial charge is 0.369 e. The molecule has 3 aromatic rings. The zero-order chi connectivity index (χ0) is 17.8. The molecular formula is C19H22N4OS. The SMILES string of the molecule is CCNC(=O)CCNc1ncnc2sc(C)c(-c3ccc(C)cc3)c12. The normalized spacial score (nSPS) is 10.8. The smallest absolute Gasteiger partial charge is 0.221 e. The molecule has 0 aliphatic heterocycles. The van der Waals surface area contributed by atoms with Gasteiger partial charge < -0.3 is 10.6 Å². The minimum atomic E-state index is 0.0422. The highest BCUT2D eigenvalue weighted by Gasteiger charge is 2.16. The van der Waals surface area contributed by atoms with Crippen LogP contribution in [-0.2, 0) is 4.79 Å². The second-order valence-corrected chi connectivity index (χ2v) is 7.14. The summed E-state index contributed by atoms with van der Waals surface area (Å²) >= 11 is 1.67. The summed E-state index contributed by atoms with van der Waals surface area (Å²) in [5.74, 6) is 0.829. The highest BCUT2D eigenvalue weighted by Crippen LogP contribution is 2.40. The molecule has 0 atom stereocenters. The van der Waals surface area contributed by atoms with Crippen molar-refractivity contribution in [3.8, 4) is 11.1 Å². The monoisotopic (exact) mass is 354 g/mol. The van der Waals surface area contributed by atoms with Crippen LogP contribution in [0.2, 0.25) is 0 Å². The number of carbonyl (C=O) groups excluding carboxylic acids is 1. The number of amides is 1. The van der Waals surface area contributed by atoms with E-state index >= 15 is 0 Å². The maximum absolute atomic E-state index is 11.6. The van der Waals surface area contributed by atoms with Gasteiger partial charge in [-0.05, 0) is 26.3 Å². The fourth-order valence-electron chi connectivity index (χ4n) is 2.83. The van der Waals surface area contributed by atoms with Crippen molar-refractivity contribution in [3.05, 3.63) is 41.0 Å². The molecule has 5 nitrogen and oxygen atoms in total. The predicted octanol–water partition coefficient (Wildman–Crippen LogP) is 3.91. The van der Waals surface area contributed by atoms with E-state index in [1.165, 1.54) is 16.0 Å². The molecule has 0 spiro atoms. The van der Waals surface area contributed by atoms with Crippen molar-refractivity contribution in [1.29, 1.82) is 0 Å². The quantitative estimate of drug-likeness (QED) is 0.704. The van der Waals surface area contributed by atoms with Crippen LogP contribution in [-0.4, -0.2) is 29.0 Å². The first-order valence-corrected chi connectivity index (χ1v) is 9.23. The topological polar surface area (TPSA) is 66.9 Å². The van der Waals surface area contributed by atoms with Gasteiger partial charge in [0, 0.05) is 30.0 Å². The Morgan fingerprint density at radius 3 is 2.64 bits per heavy atom. The highest BCUT2D eigenvalue weighted by atomic mass is 32.1. The van der Waals surface area contributed by atoms with E-state index in [1.807, 2.05) is 6.92 Å². The summed E-state index contributed by atoms with van der Waals surface area (Å²) < 4.78 is 0. The lowest BCUT2D eigenvalue weighted by Gasteiger charge is -2.09. The van der Waals surface area contributed by atoms with Crippen LogP contribution in [0.25, 0.3) is 21.3 Å². The lowest BCUT2D eigenvalue weighted by Crippen LogP contribution is -2.24. The van der Waals surface area contributed by atoms with Gasteiger partial charge in [0.15, 0.2) is 0 Å². The Kier molecular flexibility index (Phi) is 5.28. The Labute approximate surface area is 151 Å². The third kappa shape index (κ3) is 3.79. The molecule has 2 aromatic heterocycles. The molecule has 0 fully saturated rings. The summed E-state index contributed by atoms with van der Waals surface area (Å²) in [4.78, 5) is 22.7. The van der Waals surface area contributed by atoms with Crippen LogP contribution in [0.15, 0.2) is 30.6 Å². The summed E-state index contributed by atoms with van der Waals surface area (Å²) in [5, 5.41) is 7.14. The van der Waals surface area contributed by atoms with Gasteiger partial charge in [-0.3, -0.25) is 4.79 Å². The molecule has 0 saturated carbocycles. The summed E-state index contributed by atoms with van der Waals surface area (Å²) in [6.45, 7) is 7.30. The van der Waals surface area contributed by atoms with Crippen LogP contribution in [0.3, 0.4) is 0 Å². The van der Waals surface area contributed by atoms with E-state index in [0.717, 1.165) is 21.6 Å². The third-order valence-corrected chi connectivity index (χ3v) is 5.04. The molecule has 0 aliphatic carbocycles. The fraction of sp³-hybridized carbons (Fsp3) is 0.316. The molecular weight excluding hydrogens is 332 g/mol. The molecule has 0 radical (unpaired) electrons. The summed E-state index contributed by atoms with van der Waals surface area (Å²) in [6.07, 6.45) is 1.99. The van der Waals surface area contributed by atoms with E-state index in [1.54, 1.807) is 17.7 Å². The number of anilines is 1. The number of aromatic nitrogens is 2. The minimum absolute atomic E-state index is 0.0422. The average molecular weight is 354 g/mol. The molecule has 1 amide bonds. The standard InChI is InChI=1S/C19H22N4OS/c1-4-20-15(24)9-10-21-18-17-16(14-7-5-12(2)6-8-14)13(3)25-19(17)23-11-22-18/h5-8,11H,4,9-10H2,1-3H3,(H,20,24)(H,21,22,23). The van der Waals surface area contributed by atoms with Gasteiger partial charge in [0.25, 0.3) is 0 Å². The third-order valence-electron chi connectivity index (χ3n) is 4.02. The molecule has 3 rings (SSSR count). The predicted molar refractivity (Wildman–Crippen MR) is 104 cm³/mol. The molecule has 130 valence electrons. The van der Waals surface area contributed by atoms with Gasteiger partial charge in [0.05, 0.1) is 5.39 Å². The molecule has 0 unspecified atom stereocenters. The molecule has 1 aromatic carbocycles. The van der Waals surface area contributed by atoms with E-state index in [2.05, 4.69) is 58.7 Å². The fourth-order valence-corrected chi connectivity index (χ4v) is 3.84. The molecule has 0 bridgehead atoms. The van der Waals surface area contributed by atoms with E-state index in [4.69, 9.17) is 0 Å². The van der Waals surface area contributed by atoms with Gasteiger partial charge in [-0.25, -0.2) is 9.97 Å². The number of nitrogens with one attached hydrogen (secondary N) is 2. The van der Waals surface area contributed by atoms with Gasteiger partial charge in [-0.1, -0.05) is 29.8 Å². The lowest BCUT2D eigenvalue weighted by molar-refractivity contribution is -0.120. The average Bonchev–Trinajstić information content (AvgIpc) is 2.93. The Bertz CT molecular complexity index is 886. The van der Waals surface area contributed by atoms with Crippen molar-refractivity contribution >= 4 is 33.3 Å². The summed E-state index contributed by atoms with van der Waals surface area (Å²) in [6, 6.07) is 8.50. The van der Waals surface area contributed by atoms with Crippen molar-refractivity contribution < 1.29 is 4.79 Å². The van der Waals surface area contributed by atoms with Gasteiger partial charge in [-0.15, -0.1) is 11.3 Å². The molecule has 0 aliphatic rings. The van der Waals surface area contributed by atoms with Gasteiger partial charge in [0.1, 0.15) is 17.0 Å². The van der Waals surface area contributed by atoms with E-state index in [0.29, 0.717) is 19.5 Å². The number of aryl methyl sites for hydroxylation is 2. The van der Waals surface area contributed by atoms with Crippen LogP contribution < -0.4 is 10.6 Å². The number of nitrogens with zero attached hydrogens (tertiary/aromatic N) is 2. The van der Waals surface area contributed by atoms with Gasteiger partial charge >= 0.3 is 0 Å². The Morgan fingerprint density at radius 2 is 1.92 bits per heavy atom. The summed E-state index contributed by atoms with van der Waals surface area (Å²) in [7, 11) is 0. The van der Waals surface area contributed by atoms with Crippen LogP contribution in [0.5, 0.6) is 0 Å². The number of benzene rings is 1. The van der Waals surface area contributed by atoms with Crippen LogP contribution in [0.1, 0.15) is 23.8 Å². The first-order chi connectivity index (χ1) is 12.1. The molecule has 0 saturated heterocycles. The zero-order valence-corrected chi connectivity index (χ0v) is 15.5. The zero-order valence-electron chi connectivity index (χ0n) is 14.7. The maximum Gasteiger partial charge on any atom is 0.221 e. The molecule has 25 heavy (non-hydrogen) atoms. The highest BCUT2D eigenvalue weighted by molar-refractivity contribution is 7.19. The number of rotatable bonds is 6. The second-order valence-electron chi connectivity index (χ2n) is 5.93. The maximum atomic E-state index is 11.6. The van der Waals surface area contributed by atoms with Crippen LogP contribution >= 0.6 is 11.3 Å². The molecule has 6 heteroatoms. The Morgan fingerprint density at radius 1 is 1.16 bits per heavy atom. The van der Waals surface area contributed by atoms with E-state index in [-0.39, 0.29) is 5.91 Å². The van der Waals surface area contributed by atoms with E-state index < -0.39 is 0 Å².